The van der Waals surface area contributed by atoms with Crippen LogP contribution < -0.4 is 11.1 Å². The van der Waals surface area contributed by atoms with Crippen LogP contribution in [0.5, 0.6) is 0 Å². The van der Waals surface area contributed by atoms with Crippen molar-refractivity contribution < 1.29 is 4.79 Å². The summed E-state index contributed by atoms with van der Waals surface area (Å²) in [6.07, 6.45) is 1.64. The van der Waals surface area contributed by atoms with Crippen molar-refractivity contribution >= 4 is 29.1 Å². The first-order valence-corrected chi connectivity index (χ1v) is 6.54. The number of carbonyl (C=O) groups excluding carboxylic acids is 1. The molecule has 0 bridgehead atoms. The number of hydrogen-bond acceptors (Lipinski definition) is 5. The average Bonchev–Trinajstić information content (AvgIpc) is 2.70. The van der Waals surface area contributed by atoms with Crippen LogP contribution >= 0.6 is 11.6 Å². The number of aromatic nitrogens is 4. The molecule has 106 valence electrons. The normalized spacial score (nSPS) is 10.6. The van der Waals surface area contributed by atoms with E-state index in [0.29, 0.717) is 11.4 Å². The van der Waals surface area contributed by atoms with Gasteiger partial charge in [0.25, 0.3) is 5.91 Å². The van der Waals surface area contributed by atoms with Crippen molar-refractivity contribution in [1.82, 2.24) is 20.2 Å². The number of carbonyl (C=O) groups is 1. The van der Waals surface area contributed by atoms with Gasteiger partial charge >= 0.3 is 0 Å². The largest absolute Gasteiger partial charge is 0.395 e. The third kappa shape index (κ3) is 3.05. The Labute approximate surface area is 121 Å². The van der Waals surface area contributed by atoms with Gasteiger partial charge in [0.05, 0.1) is 11.4 Å². The van der Waals surface area contributed by atoms with E-state index in [0.717, 1.165) is 18.5 Å². The highest BCUT2D eigenvalue weighted by molar-refractivity contribution is 6.29. The zero-order chi connectivity index (χ0) is 14.7. The van der Waals surface area contributed by atoms with Crippen LogP contribution in [0, 0.1) is 6.92 Å². The highest BCUT2D eigenvalue weighted by Gasteiger charge is 2.18. The SMILES string of the molecule is CCCc1[nH]nc(C(=O)Nc2nc(C)cc(Cl)n2)c1N. The highest BCUT2D eigenvalue weighted by Crippen LogP contribution is 2.17. The Morgan fingerprint density at radius 3 is 2.90 bits per heavy atom. The number of amides is 1. The summed E-state index contributed by atoms with van der Waals surface area (Å²) in [5.74, 6) is -0.345. The molecular weight excluding hydrogens is 280 g/mol. The molecule has 8 heteroatoms. The molecule has 0 atom stereocenters. The number of H-pyrrole nitrogens is 1. The summed E-state index contributed by atoms with van der Waals surface area (Å²) >= 11 is 5.81. The number of hydrogen-bond donors (Lipinski definition) is 3. The lowest BCUT2D eigenvalue weighted by molar-refractivity contribution is 0.102. The lowest BCUT2D eigenvalue weighted by Gasteiger charge is -2.03. The average molecular weight is 295 g/mol. The van der Waals surface area contributed by atoms with Crippen molar-refractivity contribution in [2.24, 2.45) is 0 Å². The third-order valence-corrected chi connectivity index (χ3v) is 2.84. The maximum atomic E-state index is 12.1. The van der Waals surface area contributed by atoms with E-state index in [4.69, 9.17) is 17.3 Å². The van der Waals surface area contributed by atoms with Crippen LogP contribution in [0.1, 0.15) is 35.2 Å². The van der Waals surface area contributed by atoms with Crippen molar-refractivity contribution in [3.05, 3.63) is 28.3 Å². The molecule has 2 heterocycles. The van der Waals surface area contributed by atoms with Gasteiger partial charge in [-0.15, -0.1) is 0 Å². The number of rotatable bonds is 4. The van der Waals surface area contributed by atoms with Crippen LogP contribution in [-0.2, 0) is 6.42 Å². The smallest absolute Gasteiger partial charge is 0.280 e. The molecule has 0 aliphatic heterocycles. The van der Waals surface area contributed by atoms with E-state index in [1.165, 1.54) is 0 Å². The predicted octanol–water partition coefficient (Wildman–Crippen LogP) is 1.95. The van der Waals surface area contributed by atoms with Crippen molar-refractivity contribution in [3.8, 4) is 0 Å². The van der Waals surface area contributed by atoms with Crippen molar-refractivity contribution in [2.45, 2.75) is 26.7 Å². The van der Waals surface area contributed by atoms with Gasteiger partial charge in [0.15, 0.2) is 5.69 Å². The van der Waals surface area contributed by atoms with E-state index in [2.05, 4.69) is 25.5 Å². The molecule has 2 rings (SSSR count). The number of nitrogens with two attached hydrogens (primary N) is 1. The highest BCUT2D eigenvalue weighted by atomic mass is 35.5. The van der Waals surface area contributed by atoms with Gasteiger partial charge in [0.1, 0.15) is 5.15 Å². The first-order valence-electron chi connectivity index (χ1n) is 6.16. The molecule has 0 spiro atoms. The molecule has 0 aliphatic rings. The quantitative estimate of drug-likeness (QED) is 0.747. The molecule has 2 aromatic rings. The fraction of sp³-hybridized carbons (Fsp3) is 0.333. The summed E-state index contributed by atoms with van der Waals surface area (Å²) in [4.78, 5) is 20.1. The molecule has 1 amide bonds. The molecule has 0 aromatic carbocycles. The first-order chi connectivity index (χ1) is 9.51. The number of halogens is 1. The second-order valence-corrected chi connectivity index (χ2v) is 4.71. The maximum Gasteiger partial charge on any atom is 0.280 e. The van der Waals surface area contributed by atoms with Crippen LogP contribution in [0.15, 0.2) is 6.07 Å². The van der Waals surface area contributed by atoms with Crippen molar-refractivity contribution in [1.29, 1.82) is 0 Å². The molecule has 0 saturated heterocycles. The molecular formula is C12H15ClN6O. The topological polar surface area (TPSA) is 110 Å². The molecule has 7 nitrogen and oxygen atoms in total. The number of aromatic amines is 1. The number of nitrogen functional groups attached to an aromatic ring is 1. The van der Waals surface area contributed by atoms with Gasteiger partial charge in [-0.05, 0) is 19.4 Å². The minimum atomic E-state index is -0.470. The van der Waals surface area contributed by atoms with Crippen LogP contribution in [0.2, 0.25) is 5.15 Å². The molecule has 0 unspecified atom stereocenters. The third-order valence-electron chi connectivity index (χ3n) is 2.65. The van der Waals surface area contributed by atoms with E-state index in [-0.39, 0.29) is 16.8 Å². The van der Waals surface area contributed by atoms with Gasteiger partial charge < -0.3 is 5.73 Å². The van der Waals surface area contributed by atoms with E-state index < -0.39 is 5.91 Å². The van der Waals surface area contributed by atoms with Gasteiger partial charge in [-0.1, -0.05) is 24.9 Å². The van der Waals surface area contributed by atoms with Crippen LogP contribution in [0.25, 0.3) is 0 Å². The summed E-state index contributed by atoms with van der Waals surface area (Å²) in [5.41, 5.74) is 7.77. The molecule has 0 saturated carbocycles. The first kappa shape index (κ1) is 14.3. The van der Waals surface area contributed by atoms with Gasteiger partial charge in [-0.2, -0.15) is 5.10 Å². The molecule has 0 aliphatic carbocycles. The van der Waals surface area contributed by atoms with Crippen LogP contribution in [0.3, 0.4) is 0 Å². The monoisotopic (exact) mass is 294 g/mol. The molecule has 20 heavy (non-hydrogen) atoms. The number of aryl methyl sites for hydroxylation is 2. The summed E-state index contributed by atoms with van der Waals surface area (Å²) in [5, 5.41) is 9.47. The lowest BCUT2D eigenvalue weighted by atomic mass is 10.2. The van der Waals surface area contributed by atoms with Crippen LogP contribution in [0.4, 0.5) is 11.6 Å². The zero-order valence-electron chi connectivity index (χ0n) is 11.2. The Morgan fingerprint density at radius 1 is 1.50 bits per heavy atom. The molecule has 2 aromatic heterocycles. The van der Waals surface area contributed by atoms with Gasteiger partial charge in [0, 0.05) is 5.69 Å². The Bertz CT molecular complexity index is 619. The lowest BCUT2D eigenvalue weighted by Crippen LogP contribution is -2.16. The minimum absolute atomic E-state index is 0.124. The number of nitrogens with one attached hydrogen (secondary N) is 2. The Kier molecular flexibility index (Phi) is 4.19. The second kappa shape index (κ2) is 5.87. The summed E-state index contributed by atoms with van der Waals surface area (Å²) in [7, 11) is 0. The summed E-state index contributed by atoms with van der Waals surface area (Å²) < 4.78 is 0. The Balaban J connectivity index is 2.19. The van der Waals surface area contributed by atoms with E-state index >= 15 is 0 Å². The fourth-order valence-electron chi connectivity index (χ4n) is 1.75. The molecule has 0 fully saturated rings. The number of nitrogens with zero attached hydrogens (tertiary/aromatic N) is 3. The second-order valence-electron chi connectivity index (χ2n) is 4.32. The number of anilines is 2. The van der Waals surface area contributed by atoms with E-state index in [9.17, 15) is 4.79 Å². The molecule has 4 N–H and O–H groups in total. The molecule has 0 radical (unpaired) electrons. The maximum absolute atomic E-state index is 12.1. The van der Waals surface area contributed by atoms with E-state index in [1.54, 1.807) is 13.0 Å². The fourth-order valence-corrected chi connectivity index (χ4v) is 1.99. The minimum Gasteiger partial charge on any atom is -0.395 e. The predicted molar refractivity (Wildman–Crippen MR) is 76.7 cm³/mol. The van der Waals surface area contributed by atoms with Crippen molar-refractivity contribution in [3.63, 3.8) is 0 Å². The standard InChI is InChI=1S/C12H15ClN6O/c1-3-4-7-9(14)10(19-18-7)11(20)17-12-15-6(2)5-8(13)16-12/h5H,3-4,14H2,1-2H3,(H,18,19)(H,15,16,17,20). The Morgan fingerprint density at radius 2 is 2.25 bits per heavy atom. The Hall–Kier alpha value is -2.15. The summed E-state index contributed by atoms with van der Waals surface area (Å²) in [6, 6.07) is 1.60. The van der Waals surface area contributed by atoms with Gasteiger partial charge in [-0.25, -0.2) is 9.97 Å². The van der Waals surface area contributed by atoms with Gasteiger partial charge in [0.2, 0.25) is 5.95 Å². The van der Waals surface area contributed by atoms with Crippen molar-refractivity contribution in [2.75, 3.05) is 11.1 Å². The van der Waals surface area contributed by atoms with Gasteiger partial charge in [-0.3, -0.25) is 15.2 Å². The summed E-state index contributed by atoms with van der Waals surface area (Å²) in [6.45, 7) is 3.77. The van der Waals surface area contributed by atoms with E-state index in [1.807, 2.05) is 6.92 Å². The van der Waals surface area contributed by atoms with Crippen LogP contribution in [-0.4, -0.2) is 26.1 Å². The zero-order valence-corrected chi connectivity index (χ0v) is 12.0.